The second-order valence-corrected chi connectivity index (χ2v) is 5.18. The van der Waals surface area contributed by atoms with Crippen molar-refractivity contribution >= 4 is 35.2 Å². The molecule has 19 heavy (non-hydrogen) atoms. The van der Waals surface area contributed by atoms with Crippen LogP contribution in [0.4, 0.5) is 9.59 Å². The zero-order valence-electron chi connectivity index (χ0n) is 9.35. The third-order valence-electron chi connectivity index (χ3n) is 2.77. The van der Waals surface area contributed by atoms with Gasteiger partial charge in [0.25, 0.3) is 11.8 Å². The molecule has 2 aliphatic heterocycles. The third-order valence-corrected chi connectivity index (χ3v) is 3.98. The number of rotatable bonds is 2. The van der Waals surface area contributed by atoms with Gasteiger partial charge < -0.3 is 10.6 Å². The SMILES string of the molecule is O=C1NC(=O)C(c2ccc(C3NC(=O)NC3=O)s2)N1. The maximum absolute atomic E-state index is 11.5. The number of carbonyl (C=O) groups is 4. The van der Waals surface area contributed by atoms with Crippen molar-refractivity contribution < 1.29 is 19.2 Å². The van der Waals surface area contributed by atoms with Crippen LogP contribution in [-0.2, 0) is 9.59 Å². The molecule has 0 aromatic carbocycles. The van der Waals surface area contributed by atoms with Gasteiger partial charge in [-0.05, 0) is 12.1 Å². The van der Waals surface area contributed by atoms with Crippen LogP contribution in [0.25, 0.3) is 0 Å². The van der Waals surface area contributed by atoms with Crippen molar-refractivity contribution in [1.82, 2.24) is 21.3 Å². The van der Waals surface area contributed by atoms with Crippen LogP contribution in [0.15, 0.2) is 12.1 Å². The molecule has 0 radical (unpaired) electrons. The van der Waals surface area contributed by atoms with Gasteiger partial charge in [-0.3, -0.25) is 20.2 Å². The van der Waals surface area contributed by atoms with E-state index in [9.17, 15) is 19.2 Å². The molecule has 0 spiro atoms. The summed E-state index contributed by atoms with van der Waals surface area (Å²) in [6.07, 6.45) is 0. The van der Waals surface area contributed by atoms with Gasteiger partial charge in [-0.1, -0.05) is 0 Å². The first-order valence-corrected chi connectivity index (χ1v) is 6.18. The number of imide groups is 2. The van der Waals surface area contributed by atoms with E-state index < -0.39 is 36.0 Å². The zero-order valence-corrected chi connectivity index (χ0v) is 10.2. The summed E-state index contributed by atoms with van der Waals surface area (Å²) in [6.45, 7) is 0. The molecule has 2 fully saturated rings. The highest BCUT2D eigenvalue weighted by Gasteiger charge is 2.35. The van der Waals surface area contributed by atoms with Crippen LogP contribution < -0.4 is 21.3 Å². The molecule has 98 valence electrons. The minimum absolute atomic E-state index is 0.432. The van der Waals surface area contributed by atoms with E-state index in [1.54, 1.807) is 12.1 Å². The van der Waals surface area contributed by atoms with Crippen LogP contribution in [0.5, 0.6) is 0 Å². The van der Waals surface area contributed by atoms with Crippen LogP contribution in [0.1, 0.15) is 21.8 Å². The number of hydrogen-bond donors (Lipinski definition) is 4. The Morgan fingerprint density at radius 1 is 0.789 bits per heavy atom. The predicted octanol–water partition coefficient (Wildman–Crippen LogP) is -0.491. The first-order chi connectivity index (χ1) is 9.04. The van der Waals surface area contributed by atoms with E-state index in [1.807, 2.05) is 0 Å². The van der Waals surface area contributed by atoms with E-state index >= 15 is 0 Å². The summed E-state index contributed by atoms with van der Waals surface area (Å²) in [6, 6.07) is 0.716. The molecule has 6 amide bonds. The standard InChI is InChI=1S/C10H8N4O4S/c15-7-5(11-9(17)13-7)3-1-2-4(19-3)6-8(16)14-10(18)12-6/h1-2,5-6H,(H2,11,13,15,17)(H2,12,14,16,18). The van der Waals surface area contributed by atoms with Crippen molar-refractivity contribution in [2.24, 2.45) is 0 Å². The molecule has 4 N–H and O–H groups in total. The molecular weight excluding hydrogens is 272 g/mol. The van der Waals surface area contributed by atoms with Gasteiger partial charge in [-0.25, -0.2) is 9.59 Å². The number of amides is 6. The van der Waals surface area contributed by atoms with Crippen LogP contribution >= 0.6 is 11.3 Å². The van der Waals surface area contributed by atoms with Crippen molar-refractivity contribution in [3.8, 4) is 0 Å². The first kappa shape index (κ1) is 11.7. The Balaban J connectivity index is 1.84. The topological polar surface area (TPSA) is 116 Å². The van der Waals surface area contributed by atoms with Gasteiger partial charge in [0.05, 0.1) is 0 Å². The van der Waals surface area contributed by atoms with E-state index in [1.165, 1.54) is 11.3 Å². The van der Waals surface area contributed by atoms with Crippen molar-refractivity contribution in [2.45, 2.75) is 12.1 Å². The fourth-order valence-corrected chi connectivity index (χ4v) is 3.02. The summed E-state index contributed by atoms with van der Waals surface area (Å²) in [5.41, 5.74) is 0. The fourth-order valence-electron chi connectivity index (χ4n) is 1.91. The summed E-state index contributed by atoms with van der Waals surface area (Å²) < 4.78 is 0. The normalized spacial score (nSPS) is 25.9. The molecule has 8 nitrogen and oxygen atoms in total. The number of hydrogen-bond acceptors (Lipinski definition) is 5. The highest BCUT2D eigenvalue weighted by atomic mass is 32.1. The van der Waals surface area contributed by atoms with E-state index in [2.05, 4.69) is 21.3 Å². The summed E-state index contributed by atoms with van der Waals surface area (Å²) in [5.74, 6) is -0.864. The molecule has 1 aromatic heterocycles. The monoisotopic (exact) mass is 280 g/mol. The average molecular weight is 280 g/mol. The molecular formula is C10H8N4O4S. The molecule has 2 atom stereocenters. The molecule has 0 aliphatic carbocycles. The molecule has 2 unspecified atom stereocenters. The van der Waals surface area contributed by atoms with Crippen molar-refractivity contribution in [1.29, 1.82) is 0 Å². The maximum Gasteiger partial charge on any atom is 0.322 e. The largest absolute Gasteiger partial charge is 0.322 e. The number of carbonyl (C=O) groups excluding carboxylic acids is 4. The lowest BCUT2D eigenvalue weighted by Crippen LogP contribution is -2.22. The van der Waals surface area contributed by atoms with E-state index in [0.717, 1.165) is 0 Å². The number of thiophene rings is 1. The summed E-state index contributed by atoms with van der Waals surface area (Å²) in [7, 11) is 0. The minimum atomic E-state index is -0.744. The van der Waals surface area contributed by atoms with Crippen molar-refractivity contribution in [3.05, 3.63) is 21.9 Å². The van der Waals surface area contributed by atoms with E-state index in [-0.39, 0.29) is 0 Å². The fraction of sp³-hybridized carbons (Fsp3) is 0.200. The number of urea groups is 2. The van der Waals surface area contributed by atoms with Gasteiger partial charge in [-0.15, -0.1) is 11.3 Å². The lowest BCUT2D eigenvalue weighted by atomic mass is 10.2. The second-order valence-electron chi connectivity index (χ2n) is 4.03. The molecule has 3 heterocycles. The maximum atomic E-state index is 11.5. The lowest BCUT2D eigenvalue weighted by Gasteiger charge is -2.04. The molecule has 2 saturated heterocycles. The first-order valence-electron chi connectivity index (χ1n) is 5.37. The van der Waals surface area contributed by atoms with Crippen LogP contribution in [0.2, 0.25) is 0 Å². The lowest BCUT2D eigenvalue weighted by molar-refractivity contribution is -0.121. The highest BCUT2D eigenvalue weighted by Crippen LogP contribution is 2.30. The molecule has 0 saturated carbocycles. The quantitative estimate of drug-likeness (QED) is 0.547. The van der Waals surface area contributed by atoms with Gasteiger partial charge in [0.15, 0.2) is 0 Å². The highest BCUT2D eigenvalue weighted by molar-refractivity contribution is 7.12. The molecule has 9 heteroatoms. The van der Waals surface area contributed by atoms with Gasteiger partial charge in [-0.2, -0.15) is 0 Å². The van der Waals surface area contributed by atoms with Crippen molar-refractivity contribution in [2.75, 3.05) is 0 Å². The van der Waals surface area contributed by atoms with E-state index in [4.69, 9.17) is 0 Å². The smallest absolute Gasteiger partial charge is 0.321 e. The summed E-state index contributed by atoms with van der Waals surface area (Å²) >= 11 is 1.19. The van der Waals surface area contributed by atoms with Gasteiger partial charge in [0.1, 0.15) is 12.1 Å². The Labute approximate surface area is 110 Å². The average Bonchev–Trinajstić information content (AvgIpc) is 2.99. The Kier molecular flexibility index (Phi) is 2.49. The molecule has 2 aliphatic rings. The predicted molar refractivity (Wildman–Crippen MR) is 63.1 cm³/mol. The van der Waals surface area contributed by atoms with Gasteiger partial charge >= 0.3 is 12.1 Å². The number of nitrogens with one attached hydrogen (secondary N) is 4. The van der Waals surface area contributed by atoms with Crippen LogP contribution in [0.3, 0.4) is 0 Å². The summed E-state index contributed by atoms with van der Waals surface area (Å²) in [5, 5.41) is 9.19. The Hall–Kier alpha value is -2.42. The Bertz CT molecular complexity index is 560. The van der Waals surface area contributed by atoms with Crippen molar-refractivity contribution in [3.63, 3.8) is 0 Å². The van der Waals surface area contributed by atoms with Crippen LogP contribution in [-0.4, -0.2) is 23.9 Å². The van der Waals surface area contributed by atoms with Crippen LogP contribution in [0, 0.1) is 0 Å². The second kappa shape index (κ2) is 4.05. The van der Waals surface area contributed by atoms with E-state index in [0.29, 0.717) is 9.75 Å². The Morgan fingerprint density at radius 3 is 1.53 bits per heavy atom. The van der Waals surface area contributed by atoms with Gasteiger partial charge in [0, 0.05) is 9.75 Å². The zero-order chi connectivity index (χ0) is 13.6. The molecule has 1 aromatic rings. The Morgan fingerprint density at radius 2 is 1.21 bits per heavy atom. The molecule has 3 rings (SSSR count). The molecule has 0 bridgehead atoms. The van der Waals surface area contributed by atoms with Gasteiger partial charge in [0.2, 0.25) is 0 Å². The minimum Gasteiger partial charge on any atom is -0.321 e. The summed E-state index contributed by atoms with van der Waals surface area (Å²) in [4.78, 5) is 46.3. The third kappa shape index (κ3) is 1.93.